The third-order valence-electron chi connectivity index (χ3n) is 6.46. The van der Waals surface area contributed by atoms with Crippen LogP contribution in [0, 0.1) is 19.8 Å². The number of furan rings is 1. The molecule has 8 nitrogen and oxygen atoms in total. The fraction of sp³-hybridized carbons (Fsp3) is 0.409. The Bertz CT molecular complexity index is 1350. The molecule has 2 aliphatic rings. The molecular weight excluding hydrogens is 414 g/mol. The van der Waals surface area contributed by atoms with Gasteiger partial charge in [0.15, 0.2) is 0 Å². The highest BCUT2D eigenvalue weighted by atomic mass is 32.1. The molecule has 4 aromatic heterocycles. The highest BCUT2D eigenvalue weighted by Crippen LogP contribution is 2.45. The molecule has 0 radical (unpaired) electrons. The average molecular weight is 438 g/mol. The third kappa shape index (κ3) is 2.95. The zero-order valence-corrected chi connectivity index (χ0v) is 18.2. The molecule has 0 aliphatic carbocycles. The molecule has 9 heteroatoms. The number of aryl methyl sites for hydroxylation is 2. The number of hydrogen-bond donors (Lipinski definition) is 1. The first kappa shape index (κ1) is 18.8. The molecule has 6 rings (SSSR count). The minimum Gasteiger partial charge on any atom is -0.492 e. The summed E-state index contributed by atoms with van der Waals surface area (Å²) >= 11 is 1.45. The van der Waals surface area contributed by atoms with Gasteiger partial charge in [0.25, 0.3) is 5.56 Å². The van der Waals surface area contributed by atoms with Crippen molar-refractivity contribution < 1.29 is 9.52 Å². The van der Waals surface area contributed by atoms with Gasteiger partial charge in [-0.25, -0.2) is 4.98 Å². The topological polar surface area (TPSA) is 88.8 Å². The van der Waals surface area contributed by atoms with E-state index in [1.165, 1.54) is 15.9 Å². The molecular formula is C22H23N5O3S. The van der Waals surface area contributed by atoms with E-state index in [4.69, 9.17) is 4.42 Å². The van der Waals surface area contributed by atoms with Crippen LogP contribution in [0.2, 0.25) is 0 Å². The Morgan fingerprint density at radius 1 is 1.19 bits per heavy atom. The second-order valence-corrected chi connectivity index (χ2v) is 9.66. The molecule has 1 fully saturated rings. The monoisotopic (exact) mass is 437 g/mol. The second-order valence-electron chi connectivity index (χ2n) is 8.65. The summed E-state index contributed by atoms with van der Waals surface area (Å²) in [5.74, 6) is 3.03. The van der Waals surface area contributed by atoms with Crippen molar-refractivity contribution in [2.24, 2.45) is 5.92 Å². The lowest BCUT2D eigenvalue weighted by Crippen LogP contribution is -2.48. The molecule has 0 aromatic carbocycles. The fourth-order valence-corrected chi connectivity index (χ4v) is 6.39. The van der Waals surface area contributed by atoms with E-state index in [9.17, 15) is 9.90 Å². The van der Waals surface area contributed by atoms with Crippen LogP contribution in [0.25, 0.3) is 4.96 Å². The largest absolute Gasteiger partial charge is 0.492 e. The Morgan fingerprint density at radius 3 is 2.84 bits per heavy atom. The smallest absolute Gasteiger partial charge is 0.250 e. The number of rotatable bonds is 3. The maximum Gasteiger partial charge on any atom is 0.250 e. The van der Waals surface area contributed by atoms with E-state index in [0.29, 0.717) is 16.7 Å². The Morgan fingerprint density at radius 2 is 2.06 bits per heavy atom. The normalized spacial score (nSPS) is 22.0. The predicted octanol–water partition coefficient (Wildman–Crippen LogP) is 3.08. The summed E-state index contributed by atoms with van der Waals surface area (Å²) in [5, 5.41) is 15.4. The van der Waals surface area contributed by atoms with Gasteiger partial charge in [0, 0.05) is 37.3 Å². The lowest BCUT2D eigenvalue weighted by molar-refractivity contribution is 0.0868. The van der Waals surface area contributed by atoms with Crippen molar-refractivity contribution >= 4 is 16.3 Å². The molecule has 4 aromatic rings. The number of aromatic nitrogens is 4. The van der Waals surface area contributed by atoms with Gasteiger partial charge in [0.2, 0.25) is 10.8 Å². The zero-order valence-electron chi connectivity index (χ0n) is 17.4. The molecule has 6 heterocycles. The van der Waals surface area contributed by atoms with Crippen LogP contribution < -0.4 is 5.56 Å². The van der Waals surface area contributed by atoms with E-state index in [0.717, 1.165) is 48.1 Å². The summed E-state index contributed by atoms with van der Waals surface area (Å²) < 4.78 is 9.51. The molecule has 31 heavy (non-hydrogen) atoms. The van der Waals surface area contributed by atoms with Crippen LogP contribution in [-0.4, -0.2) is 42.3 Å². The van der Waals surface area contributed by atoms with Gasteiger partial charge in [0.1, 0.15) is 23.4 Å². The van der Waals surface area contributed by atoms with Gasteiger partial charge in [-0.1, -0.05) is 17.4 Å². The Hall–Kier alpha value is -2.91. The molecule has 0 spiro atoms. The van der Waals surface area contributed by atoms with Crippen LogP contribution >= 0.6 is 11.3 Å². The Kier molecular flexibility index (Phi) is 4.13. The molecule has 1 saturated heterocycles. The summed E-state index contributed by atoms with van der Waals surface area (Å²) in [6.45, 7) is 6.09. The van der Waals surface area contributed by atoms with Crippen molar-refractivity contribution in [1.82, 2.24) is 24.1 Å². The van der Waals surface area contributed by atoms with Crippen LogP contribution in [-0.2, 0) is 6.54 Å². The molecule has 3 unspecified atom stereocenters. The minimum atomic E-state index is -0.227. The van der Waals surface area contributed by atoms with Crippen molar-refractivity contribution in [3.8, 4) is 5.88 Å². The van der Waals surface area contributed by atoms with Crippen LogP contribution in [0.1, 0.15) is 46.3 Å². The van der Waals surface area contributed by atoms with Crippen LogP contribution in [0.5, 0.6) is 5.88 Å². The van der Waals surface area contributed by atoms with Gasteiger partial charge in [0.05, 0.1) is 4.88 Å². The molecule has 2 aliphatic heterocycles. The summed E-state index contributed by atoms with van der Waals surface area (Å²) in [7, 11) is 0. The molecule has 1 N–H and O–H groups in total. The highest BCUT2D eigenvalue weighted by molar-refractivity contribution is 7.17. The molecule has 0 amide bonds. The number of hydrogen-bond acceptors (Lipinski definition) is 7. The van der Waals surface area contributed by atoms with Crippen molar-refractivity contribution in [2.75, 3.05) is 13.1 Å². The number of thiazole rings is 1. The predicted molar refractivity (Wildman–Crippen MR) is 116 cm³/mol. The first-order valence-electron chi connectivity index (χ1n) is 10.5. The van der Waals surface area contributed by atoms with E-state index in [-0.39, 0.29) is 23.4 Å². The van der Waals surface area contributed by atoms with Crippen molar-refractivity contribution in [3.63, 3.8) is 0 Å². The summed E-state index contributed by atoms with van der Waals surface area (Å²) in [6, 6.07) is 9.29. The lowest BCUT2D eigenvalue weighted by atomic mass is 9.82. The van der Waals surface area contributed by atoms with Crippen LogP contribution in [0.3, 0.4) is 0 Å². The van der Waals surface area contributed by atoms with Gasteiger partial charge in [-0.15, -0.1) is 5.10 Å². The molecule has 3 atom stereocenters. The number of likely N-dealkylation sites (tertiary alicyclic amines) is 1. The Balaban J connectivity index is 1.44. The van der Waals surface area contributed by atoms with Crippen LogP contribution in [0.4, 0.5) is 0 Å². The minimum absolute atomic E-state index is 0.0810. The van der Waals surface area contributed by atoms with Crippen LogP contribution in [0.15, 0.2) is 39.5 Å². The van der Waals surface area contributed by atoms with Gasteiger partial charge in [-0.3, -0.25) is 9.69 Å². The van der Waals surface area contributed by atoms with Gasteiger partial charge in [-0.2, -0.15) is 4.52 Å². The van der Waals surface area contributed by atoms with Crippen molar-refractivity contribution in [2.45, 2.75) is 38.8 Å². The van der Waals surface area contributed by atoms with Gasteiger partial charge >= 0.3 is 0 Å². The van der Waals surface area contributed by atoms with E-state index >= 15 is 0 Å². The first-order valence-corrected chi connectivity index (χ1v) is 11.3. The van der Waals surface area contributed by atoms with Gasteiger partial charge in [-0.05, 0) is 44.4 Å². The SMILES string of the molecule is Cc1nc2sc(C(c3ccc(C)o3)N3CC4CC(C3)c3cccc(=O)n3C4)c(O)n2n1. The van der Waals surface area contributed by atoms with E-state index in [1.54, 1.807) is 6.07 Å². The number of fused-ring (bicyclic) bond motifs is 5. The Labute approximate surface area is 182 Å². The van der Waals surface area contributed by atoms with Gasteiger partial charge < -0.3 is 14.1 Å². The first-order chi connectivity index (χ1) is 15.0. The molecule has 0 saturated carbocycles. The van der Waals surface area contributed by atoms with Crippen molar-refractivity contribution in [1.29, 1.82) is 0 Å². The maximum absolute atomic E-state index is 12.4. The summed E-state index contributed by atoms with van der Waals surface area (Å²) in [5.41, 5.74) is 1.18. The number of pyridine rings is 1. The maximum atomic E-state index is 12.4. The van der Waals surface area contributed by atoms with E-state index in [2.05, 4.69) is 21.0 Å². The number of piperidine rings is 1. The summed E-state index contributed by atoms with van der Waals surface area (Å²) in [4.78, 5) is 20.7. The van der Waals surface area contributed by atoms with E-state index in [1.807, 2.05) is 36.6 Å². The van der Waals surface area contributed by atoms with E-state index < -0.39 is 0 Å². The zero-order chi connectivity index (χ0) is 21.3. The third-order valence-corrected chi connectivity index (χ3v) is 7.53. The number of nitrogens with zero attached hydrogens (tertiary/aromatic N) is 5. The fourth-order valence-electron chi connectivity index (χ4n) is 5.25. The standard InChI is InChI=1S/C22H23N5O3S/c1-12-6-7-17(30-12)19(20-21(29)27-22(31-20)23-13(2)24-27)25-9-14-8-15(11-25)16-4-3-5-18(28)26(16)10-14/h3-7,14-15,19,29H,8-11H2,1-2H3. The highest BCUT2D eigenvalue weighted by Gasteiger charge is 2.40. The second kappa shape index (κ2) is 6.80. The van der Waals surface area contributed by atoms with Crippen molar-refractivity contribution in [3.05, 3.63) is 68.6 Å². The quantitative estimate of drug-likeness (QED) is 0.530. The molecule has 2 bridgehead atoms. The lowest BCUT2D eigenvalue weighted by Gasteiger charge is -2.45. The molecule has 160 valence electrons. The number of aromatic hydroxyl groups is 1. The average Bonchev–Trinajstić information content (AvgIpc) is 3.40. The summed E-state index contributed by atoms with van der Waals surface area (Å²) in [6.07, 6.45) is 1.07.